The van der Waals surface area contributed by atoms with Crippen molar-refractivity contribution < 1.29 is 29.7 Å². The van der Waals surface area contributed by atoms with Gasteiger partial charge in [-0.2, -0.15) is 0 Å². The molecule has 4 aromatic carbocycles. The molecule has 5 N–H and O–H groups in total. The van der Waals surface area contributed by atoms with E-state index in [1.807, 2.05) is 78.9 Å². The van der Waals surface area contributed by atoms with E-state index in [1.54, 1.807) is 72.8 Å². The zero-order chi connectivity index (χ0) is 39.2. The molecule has 2 aliphatic rings. The quantitative estimate of drug-likeness (QED) is 0.107. The molecule has 7 aromatic rings. The van der Waals surface area contributed by atoms with Gasteiger partial charge in [0, 0.05) is 44.3 Å². The lowest BCUT2D eigenvalue weighted by Gasteiger charge is -2.07. The lowest BCUT2D eigenvalue weighted by Crippen LogP contribution is -1.96. The van der Waals surface area contributed by atoms with Crippen LogP contribution < -0.4 is 0 Å². The highest BCUT2D eigenvalue weighted by molar-refractivity contribution is 6.01. The van der Waals surface area contributed by atoms with Gasteiger partial charge in [0.1, 0.15) is 0 Å². The summed E-state index contributed by atoms with van der Waals surface area (Å²) in [6.07, 6.45) is 7.74. The minimum Gasteiger partial charge on any atom is -0.478 e. The standard InChI is InChI=1S/C47H30N4O6/c52-45(53)30-12-6-27(7-13-30)42-35-20-18-33(48-35)41(26-4-2-1-3-5-26)34-19-21-36(49-34)43(28-8-14-31(15-9-28)46(54)55)38-23-25-40(51-38)44(39-24-22-37(42)50-39)29-10-16-32(17-11-29)47(56)57/h1-25,48,51H,(H,52,53)(H,54,55)(H,56,57). The number of fused-ring (bicyclic) bond motifs is 8. The van der Waals surface area contributed by atoms with E-state index in [4.69, 9.17) is 9.97 Å². The van der Waals surface area contributed by atoms with E-state index in [-0.39, 0.29) is 16.7 Å². The van der Waals surface area contributed by atoms with Crippen LogP contribution in [0.3, 0.4) is 0 Å². The minimum atomic E-state index is -1.04. The van der Waals surface area contributed by atoms with Gasteiger partial charge >= 0.3 is 17.9 Å². The van der Waals surface area contributed by atoms with Gasteiger partial charge in [-0.1, -0.05) is 66.7 Å². The fraction of sp³-hybridized carbons (Fsp3) is 0. The molecule has 57 heavy (non-hydrogen) atoms. The fourth-order valence-corrected chi connectivity index (χ4v) is 7.36. The summed E-state index contributed by atoms with van der Waals surface area (Å²) in [5.74, 6) is -3.10. The SMILES string of the molecule is O=C(O)c1ccc(-c2c3nc(c(-c4ccc(C(=O)O)cc4)c4ccc([nH]4)c(-c4ccc(C(=O)O)cc4)c4nc(c(-c5ccccc5)c5ccc2[nH]5)C=C4)C=C3)cc1. The number of aromatic carboxylic acids is 3. The number of carboxylic acid groups (broad SMARTS) is 3. The van der Waals surface area contributed by atoms with E-state index in [9.17, 15) is 29.7 Å². The molecular formula is C47H30N4O6. The van der Waals surface area contributed by atoms with Crippen molar-refractivity contribution in [2.75, 3.05) is 0 Å². The van der Waals surface area contributed by atoms with E-state index >= 15 is 0 Å². The first-order valence-corrected chi connectivity index (χ1v) is 17.9. The summed E-state index contributed by atoms with van der Waals surface area (Å²) in [7, 11) is 0. The summed E-state index contributed by atoms with van der Waals surface area (Å²) < 4.78 is 0. The molecule has 2 aliphatic heterocycles. The summed E-state index contributed by atoms with van der Waals surface area (Å²) in [5.41, 5.74) is 12.2. The van der Waals surface area contributed by atoms with Crippen LogP contribution in [0.4, 0.5) is 0 Å². The lowest BCUT2D eigenvalue weighted by atomic mass is 10.0. The van der Waals surface area contributed by atoms with Gasteiger partial charge in [-0.15, -0.1) is 0 Å². The van der Waals surface area contributed by atoms with E-state index < -0.39 is 17.9 Å². The van der Waals surface area contributed by atoms with Crippen molar-refractivity contribution in [1.29, 1.82) is 0 Å². The van der Waals surface area contributed by atoms with Gasteiger partial charge < -0.3 is 25.3 Å². The number of nitrogens with one attached hydrogen (secondary N) is 2. The van der Waals surface area contributed by atoms with E-state index in [0.717, 1.165) is 50.0 Å². The van der Waals surface area contributed by atoms with Crippen LogP contribution in [0.2, 0.25) is 0 Å². The molecule has 5 heterocycles. The maximum Gasteiger partial charge on any atom is 0.335 e. The van der Waals surface area contributed by atoms with Gasteiger partial charge in [0.25, 0.3) is 0 Å². The average molecular weight is 747 g/mol. The summed E-state index contributed by atoms with van der Waals surface area (Å²) in [6.45, 7) is 0. The molecule has 0 radical (unpaired) electrons. The Morgan fingerprint density at radius 1 is 0.351 bits per heavy atom. The largest absolute Gasteiger partial charge is 0.478 e. The predicted molar refractivity (Wildman–Crippen MR) is 221 cm³/mol. The van der Waals surface area contributed by atoms with Crippen LogP contribution in [-0.2, 0) is 0 Å². The molecule has 9 rings (SSSR count). The van der Waals surface area contributed by atoms with Crippen LogP contribution in [0.25, 0.3) is 90.9 Å². The van der Waals surface area contributed by atoms with Gasteiger partial charge in [0.2, 0.25) is 0 Å². The van der Waals surface area contributed by atoms with Crippen molar-refractivity contribution in [1.82, 2.24) is 19.9 Å². The molecule has 0 saturated heterocycles. The molecule has 8 bridgehead atoms. The van der Waals surface area contributed by atoms with Crippen molar-refractivity contribution in [3.63, 3.8) is 0 Å². The maximum atomic E-state index is 11.8. The zero-order valence-electron chi connectivity index (χ0n) is 29.9. The topological polar surface area (TPSA) is 169 Å². The Morgan fingerprint density at radius 2 is 0.614 bits per heavy atom. The average Bonchev–Trinajstić information content (AvgIpc) is 4.07. The van der Waals surface area contributed by atoms with E-state index in [1.165, 1.54) is 0 Å². The number of carbonyl (C=O) groups is 3. The molecule has 0 amide bonds. The molecule has 0 saturated carbocycles. The van der Waals surface area contributed by atoms with Crippen LogP contribution in [0.1, 0.15) is 53.8 Å². The normalized spacial score (nSPS) is 11.8. The molecule has 0 aliphatic carbocycles. The lowest BCUT2D eigenvalue weighted by molar-refractivity contribution is 0.0686. The molecular weight excluding hydrogens is 717 g/mol. The number of carboxylic acids is 3. The number of benzene rings is 4. The molecule has 0 unspecified atom stereocenters. The molecule has 274 valence electrons. The first-order valence-electron chi connectivity index (χ1n) is 17.9. The van der Waals surface area contributed by atoms with Gasteiger partial charge in [-0.3, -0.25) is 0 Å². The second-order valence-corrected chi connectivity index (χ2v) is 13.5. The second kappa shape index (κ2) is 13.9. The predicted octanol–water partition coefficient (Wildman–Crippen LogP) is 10.4. The molecule has 0 atom stereocenters. The van der Waals surface area contributed by atoms with E-state index in [0.29, 0.717) is 39.4 Å². The molecule has 0 fully saturated rings. The Labute approximate surface area is 324 Å². The van der Waals surface area contributed by atoms with Gasteiger partial charge in [0.05, 0.1) is 39.5 Å². The Hall–Kier alpha value is -8.11. The number of nitrogens with zero attached hydrogens (tertiary/aromatic N) is 2. The monoisotopic (exact) mass is 746 g/mol. The fourth-order valence-electron chi connectivity index (χ4n) is 7.36. The third-order valence-corrected chi connectivity index (χ3v) is 10.1. The van der Waals surface area contributed by atoms with Gasteiger partial charge in [0.15, 0.2) is 0 Å². The number of aromatic amines is 2. The van der Waals surface area contributed by atoms with E-state index in [2.05, 4.69) is 9.97 Å². The minimum absolute atomic E-state index is 0.143. The number of rotatable bonds is 7. The van der Waals surface area contributed by atoms with Crippen molar-refractivity contribution >= 4 is 64.3 Å². The molecule has 10 nitrogen and oxygen atoms in total. The summed E-state index contributed by atoms with van der Waals surface area (Å²) in [6, 6.07) is 37.7. The Balaban J connectivity index is 1.44. The smallest absolute Gasteiger partial charge is 0.335 e. The second-order valence-electron chi connectivity index (χ2n) is 13.5. The van der Waals surface area contributed by atoms with Crippen LogP contribution in [0.15, 0.2) is 127 Å². The highest BCUT2D eigenvalue weighted by Crippen LogP contribution is 2.38. The van der Waals surface area contributed by atoms with Crippen molar-refractivity contribution in [3.05, 3.63) is 167 Å². The number of hydrogen-bond donors (Lipinski definition) is 5. The summed E-state index contributed by atoms with van der Waals surface area (Å²) in [5, 5.41) is 29.0. The molecule has 0 spiro atoms. The number of H-pyrrole nitrogens is 2. The third-order valence-electron chi connectivity index (χ3n) is 10.1. The van der Waals surface area contributed by atoms with Crippen LogP contribution in [-0.4, -0.2) is 53.2 Å². The van der Waals surface area contributed by atoms with Gasteiger partial charge in [-0.25, -0.2) is 24.4 Å². The summed E-state index contributed by atoms with van der Waals surface area (Å²) >= 11 is 0. The van der Waals surface area contributed by atoms with Gasteiger partial charge in [-0.05, 0) is 107 Å². The van der Waals surface area contributed by atoms with Crippen molar-refractivity contribution in [2.45, 2.75) is 0 Å². The summed E-state index contributed by atoms with van der Waals surface area (Å²) in [4.78, 5) is 53.1. The maximum absolute atomic E-state index is 11.8. The highest BCUT2D eigenvalue weighted by atomic mass is 16.4. The van der Waals surface area contributed by atoms with Crippen molar-refractivity contribution in [2.24, 2.45) is 0 Å². The third kappa shape index (κ3) is 6.36. The number of hydrogen-bond acceptors (Lipinski definition) is 5. The highest BCUT2D eigenvalue weighted by Gasteiger charge is 2.20. The number of aromatic nitrogens is 4. The molecule has 10 heteroatoms. The Bertz CT molecular complexity index is 2960. The van der Waals surface area contributed by atoms with Crippen LogP contribution in [0.5, 0.6) is 0 Å². The van der Waals surface area contributed by atoms with Crippen molar-refractivity contribution in [3.8, 4) is 44.5 Å². The van der Waals surface area contributed by atoms with Crippen LogP contribution >= 0.6 is 0 Å². The van der Waals surface area contributed by atoms with Crippen LogP contribution in [0, 0.1) is 0 Å². The first-order chi connectivity index (χ1) is 27.7. The molecule has 3 aromatic heterocycles. The Kier molecular flexibility index (Phi) is 8.48. The zero-order valence-corrected chi connectivity index (χ0v) is 29.9. The first kappa shape index (κ1) is 34.6. The Morgan fingerprint density at radius 3 is 0.877 bits per heavy atom.